The van der Waals surface area contributed by atoms with Gasteiger partial charge in [-0.1, -0.05) is 23.2 Å². The number of aromatic nitrogens is 1. The molecule has 84 valence electrons. The van der Waals surface area contributed by atoms with E-state index in [0.29, 0.717) is 10.9 Å². The van der Waals surface area contributed by atoms with E-state index in [9.17, 15) is 4.39 Å². The third kappa shape index (κ3) is 1.70. The van der Waals surface area contributed by atoms with Gasteiger partial charge in [0.05, 0.1) is 15.6 Å². The fourth-order valence-corrected chi connectivity index (χ4v) is 2.07. The summed E-state index contributed by atoms with van der Waals surface area (Å²) in [7, 11) is 1.77. The Hall–Kier alpha value is -1.06. The van der Waals surface area contributed by atoms with E-state index in [1.165, 1.54) is 6.07 Å². The molecule has 2 nitrogen and oxygen atoms in total. The number of nitrogens with one attached hydrogen (secondary N) is 1. The number of nitrogens with zero attached hydrogens (tertiary/aromatic N) is 1. The molecule has 0 bridgehead atoms. The standard InChI is InChI=1S/C11H9Cl2FN2/c1-5-3-6-8(16-11(5)15-2)4-7(12)10(14)9(6)13/h3-4H,1-2H3,(H,15,16). The summed E-state index contributed by atoms with van der Waals surface area (Å²) in [5.74, 6) is 0.125. The van der Waals surface area contributed by atoms with Crippen molar-refractivity contribution in [2.24, 2.45) is 0 Å². The van der Waals surface area contributed by atoms with E-state index in [4.69, 9.17) is 23.2 Å². The molecule has 0 atom stereocenters. The predicted octanol–water partition coefficient (Wildman–Crippen LogP) is 4.03. The quantitative estimate of drug-likeness (QED) is 0.782. The Morgan fingerprint density at radius 2 is 2.00 bits per heavy atom. The first-order valence-corrected chi connectivity index (χ1v) is 5.42. The van der Waals surface area contributed by atoms with Crippen LogP contribution in [-0.2, 0) is 0 Å². The highest BCUT2D eigenvalue weighted by Gasteiger charge is 2.12. The zero-order chi connectivity index (χ0) is 11.9. The van der Waals surface area contributed by atoms with Crippen molar-refractivity contribution in [2.75, 3.05) is 12.4 Å². The molecule has 0 unspecified atom stereocenters. The fourth-order valence-electron chi connectivity index (χ4n) is 1.57. The van der Waals surface area contributed by atoms with Crippen LogP contribution in [0.1, 0.15) is 5.56 Å². The lowest BCUT2D eigenvalue weighted by atomic mass is 10.1. The molecule has 1 aromatic heterocycles. The lowest BCUT2D eigenvalue weighted by molar-refractivity contribution is 0.630. The zero-order valence-electron chi connectivity index (χ0n) is 8.74. The van der Waals surface area contributed by atoms with Crippen LogP contribution in [0.5, 0.6) is 0 Å². The molecule has 1 aromatic carbocycles. The third-order valence-corrected chi connectivity index (χ3v) is 3.03. The van der Waals surface area contributed by atoms with E-state index in [-0.39, 0.29) is 10.0 Å². The van der Waals surface area contributed by atoms with Gasteiger partial charge in [-0.25, -0.2) is 9.37 Å². The van der Waals surface area contributed by atoms with E-state index < -0.39 is 5.82 Å². The minimum atomic E-state index is -0.603. The van der Waals surface area contributed by atoms with Crippen LogP contribution >= 0.6 is 23.2 Å². The van der Waals surface area contributed by atoms with Gasteiger partial charge in [0.1, 0.15) is 5.82 Å². The fraction of sp³-hybridized carbons (Fsp3) is 0.182. The van der Waals surface area contributed by atoms with Crippen molar-refractivity contribution in [3.63, 3.8) is 0 Å². The average Bonchev–Trinajstić information content (AvgIpc) is 2.27. The van der Waals surface area contributed by atoms with Gasteiger partial charge < -0.3 is 5.32 Å². The van der Waals surface area contributed by atoms with Gasteiger partial charge in [0.2, 0.25) is 0 Å². The normalized spacial score (nSPS) is 10.8. The van der Waals surface area contributed by atoms with Gasteiger partial charge in [-0.05, 0) is 24.6 Å². The monoisotopic (exact) mass is 258 g/mol. The van der Waals surface area contributed by atoms with E-state index in [2.05, 4.69) is 10.3 Å². The van der Waals surface area contributed by atoms with Crippen molar-refractivity contribution in [1.29, 1.82) is 0 Å². The number of anilines is 1. The SMILES string of the molecule is CNc1nc2cc(Cl)c(F)c(Cl)c2cc1C. The van der Waals surface area contributed by atoms with Crippen molar-refractivity contribution in [2.45, 2.75) is 6.92 Å². The highest BCUT2D eigenvalue weighted by molar-refractivity contribution is 6.38. The van der Waals surface area contributed by atoms with Crippen LogP contribution in [-0.4, -0.2) is 12.0 Å². The Morgan fingerprint density at radius 3 is 2.62 bits per heavy atom. The summed E-state index contributed by atoms with van der Waals surface area (Å²) in [4.78, 5) is 4.31. The molecule has 0 fully saturated rings. The van der Waals surface area contributed by atoms with Crippen molar-refractivity contribution in [1.82, 2.24) is 4.98 Å². The van der Waals surface area contributed by atoms with Crippen LogP contribution in [0.15, 0.2) is 12.1 Å². The number of hydrogen-bond acceptors (Lipinski definition) is 2. The highest BCUT2D eigenvalue weighted by atomic mass is 35.5. The van der Waals surface area contributed by atoms with Crippen LogP contribution in [0.2, 0.25) is 10.0 Å². The Morgan fingerprint density at radius 1 is 1.31 bits per heavy atom. The lowest BCUT2D eigenvalue weighted by Gasteiger charge is -2.08. The first-order valence-electron chi connectivity index (χ1n) is 4.67. The summed E-state index contributed by atoms with van der Waals surface area (Å²) in [5.41, 5.74) is 1.48. The lowest BCUT2D eigenvalue weighted by Crippen LogP contribution is -1.97. The van der Waals surface area contributed by atoms with E-state index in [0.717, 1.165) is 11.4 Å². The second-order valence-corrected chi connectivity index (χ2v) is 4.24. The van der Waals surface area contributed by atoms with Gasteiger partial charge in [0.25, 0.3) is 0 Å². The number of hydrogen-bond donors (Lipinski definition) is 1. The smallest absolute Gasteiger partial charge is 0.161 e. The summed E-state index contributed by atoms with van der Waals surface area (Å²) >= 11 is 11.6. The minimum Gasteiger partial charge on any atom is -0.373 e. The molecule has 2 rings (SSSR count). The molecule has 2 aromatic rings. The molecule has 0 saturated carbocycles. The van der Waals surface area contributed by atoms with Crippen LogP contribution in [0, 0.1) is 12.7 Å². The van der Waals surface area contributed by atoms with Crippen LogP contribution in [0.25, 0.3) is 10.9 Å². The van der Waals surface area contributed by atoms with Gasteiger partial charge in [-0.15, -0.1) is 0 Å². The van der Waals surface area contributed by atoms with Crippen LogP contribution in [0.4, 0.5) is 10.2 Å². The van der Waals surface area contributed by atoms with Gasteiger partial charge in [0.15, 0.2) is 5.82 Å². The topological polar surface area (TPSA) is 24.9 Å². The molecule has 0 spiro atoms. The zero-order valence-corrected chi connectivity index (χ0v) is 10.2. The highest BCUT2D eigenvalue weighted by Crippen LogP contribution is 2.32. The number of fused-ring (bicyclic) bond motifs is 1. The maximum atomic E-state index is 13.5. The Labute approximate surface area is 102 Å². The largest absolute Gasteiger partial charge is 0.373 e. The molecule has 1 heterocycles. The molecule has 0 radical (unpaired) electrons. The summed E-state index contributed by atoms with van der Waals surface area (Å²) in [5, 5.41) is 3.52. The molecule has 0 aliphatic rings. The molecule has 1 N–H and O–H groups in total. The number of rotatable bonds is 1. The van der Waals surface area contributed by atoms with Gasteiger partial charge in [-0.3, -0.25) is 0 Å². The maximum Gasteiger partial charge on any atom is 0.161 e. The molecule has 5 heteroatoms. The van der Waals surface area contributed by atoms with Crippen molar-refractivity contribution in [3.8, 4) is 0 Å². The van der Waals surface area contributed by atoms with E-state index >= 15 is 0 Å². The molecular formula is C11H9Cl2FN2. The number of benzene rings is 1. The van der Waals surface area contributed by atoms with Gasteiger partial charge in [-0.2, -0.15) is 0 Å². The summed E-state index contributed by atoms with van der Waals surface area (Å²) < 4.78 is 13.5. The van der Waals surface area contributed by atoms with Gasteiger partial charge in [0, 0.05) is 12.4 Å². The summed E-state index contributed by atoms with van der Waals surface area (Å²) in [6.45, 7) is 1.88. The van der Waals surface area contributed by atoms with Crippen molar-refractivity contribution >= 4 is 39.9 Å². The van der Waals surface area contributed by atoms with Crippen LogP contribution in [0.3, 0.4) is 0 Å². The van der Waals surface area contributed by atoms with Crippen molar-refractivity contribution in [3.05, 3.63) is 33.6 Å². The average molecular weight is 259 g/mol. The van der Waals surface area contributed by atoms with Gasteiger partial charge >= 0.3 is 0 Å². The maximum absolute atomic E-state index is 13.5. The van der Waals surface area contributed by atoms with Crippen molar-refractivity contribution < 1.29 is 4.39 Å². The van der Waals surface area contributed by atoms with E-state index in [1.807, 2.05) is 6.92 Å². The first-order chi connectivity index (χ1) is 7.54. The van der Waals surface area contributed by atoms with Crippen LogP contribution < -0.4 is 5.32 Å². The third-order valence-electron chi connectivity index (χ3n) is 2.38. The second kappa shape index (κ2) is 4.07. The predicted molar refractivity (Wildman–Crippen MR) is 66.0 cm³/mol. The number of aryl methyl sites for hydroxylation is 1. The Balaban J connectivity index is 2.86. The molecule has 0 aliphatic carbocycles. The van der Waals surface area contributed by atoms with E-state index in [1.54, 1.807) is 13.1 Å². The number of pyridine rings is 1. The summed E-state index contributed by atoms with van der Waals surface area (Å²) in [6, 6.07) is 3.26. The second-order valence-electron chi connectivity index (χ2n) is 3.46. The molecular weight excluding hydrogens is 250 g/mol. The Bertz CT molecular complexity index is 570. The first kappa shape index (κ1) is 11.4. The minimum absolute atomic E-state index is 0.0146. The summed E-state index contributed by atoms with van der Waals surface area (Å²) in [6.07, 6.45) is 0. The Kier molecular flexibility index (Phi) is 2.91. The molecule has 16 heavy (non-hydrogen) atoms. The number of halogens is 3. The molecule has 0 saturated heterocycles. The molecule has 0 amide bonds. The molecule has 0 aliphatic heterocycles.